The lowest BCUT2D eigenvalue weighted by atomic mass is 9.99. The molecule has 6 heteroatoms. The minimum atomic E-state index is -0.282. The van der Waals surface area contributed by atoms with Gasteiger partial charge in [-0.3, -0.25) is 19.3 Å². The van der Waals surface area contributed by atoms with Crippen molar-refractivity contribution in [2.75, 3.05) is 13.1 Å². The molecule has 2 aliphatic heterocycles. The highest BCUT2D eigenvalue weighted by Crippen LogP contribution is 2.23. The number of amides is 3. The van der Waals surface area contributed by atoms with Gasteiger partial charge in [0.25, 0.3) is 11.8 Å². The van der Waals surface area contributed by atoms with Crippen LogP contribution in [0.2, 0.25) is 0 Å². The zero-order valence-corrected chi connectivity index (χ0v) is 15.5. The highest BCUT2D eigenvalue weighted by atomic mass is 16.5. The number of rotatable bonds is 6. The first-order valence-electron chi connectivity index (χ1n) is 9.54. The first kappa shape index (κ1) is 18.4. The molecule has 28 heavy (non-hydrogen) atoms. The van der Waals surface area contributed by atoms with Gasteiger partial charge in [0.05, 0.1) is 23.8 Å². The van der Waals surface area contributed by atoms with Crippen LogP contribution < -0.4 is 5.32 Å². The summed E-state index contributed by atoms with van der Waals surface area (Å²) in [6.45, 7) is 1.27. The third-order valence-electron chi connectivity index (χ3n) is 5.23. The number of carbonyl (C=O) groups is 3. The van der Waals surface area contributed by atoms with Gasteiger partial charge in [-0.25, -0.2) is 0 Å². The maximum absolute atomic E-state index is 12.3. The molecule has 1 N–H and O–H groups in total. The molecular weight excluding hydrogens is 356 g/mol. The Morgan fingerprint density at radius 3 is 2.36 bits per heavy atom. The fourth-order valence-corrected chi connectivity index (χ4v) is 3.70. The summed E-state index contributed by atoms with van der Waals surface area (Å²) in [5.74, 6) is -0.662. The summed E-state index contributed by atoms with van der Waals surface area (Å²) in [6.07, 6.45) is 1.45. The van der Waals surface area contributed by atoms with Gasteiger partial charge in [-0.1, -0.05) is 36.4 Å². The van der Waals surface area contributed by atoms with Gasteiger partial charge < -0.3 is 10.1 Å². The van der Waals surface area contributed by atoms with Crippen molar-refractivity contribution in [3.63, 3.8) is 0 Å². The molecule has 1 unspecified atom stereocenters. The van der Waals surface area contributed by atoms with Crippen LogP contribution in [0.15, 0.2) is 48.5 Å². The Labute approximate surface area is 163 Å². The lowest BCUT2D eigenvalue weighted by molar-refractivity contribution is -0.122. The number of hydrogen-bond donors (Lipinski definition) is 1. The molecule has 144 valence electrons. The highest BCUT2D eigenvalue weighted by molar-refractivity contribution is 6.21. The lowest BCUT2D eigenvalue weighted by Crippen LogP contribution is -2.37. The molecule has 0 saturated heterocycles. The fourth-order valence-electron chi connectivity index (χ4n) is 3.70. The average molecular weight is 378 g/mol. The van der Waals surface area contributed by atoms with Crippen molar-refractivity contribution in [1.82, 2.24) is 10.2 Å². The minimum absolute atomic E-state index is 0.0323. The Hall–Kier alpha value is -2.99. The predicted octanol–water partition coefficient (Wildman–Crippen LogP) is 2.32. The van der Waals surface area contributed by atoms with Crippen LogP contribution in [0.5, 0.6) is 0 Å². The highest BCUT2D eigenvalue weighted by Gasteiger charge is 2.34. The SMILES string of the molecule is O=C(CCCN1C(=O)c2ccccc2C1=O)NCC1Cc2ccccc2CO1. The van der Waals surface area contributed by atoms with E-state index in [1.807, 2.05) is 12.1 Å². The number of nitrogens with zero attached hydrogens (tertiary/aromatic N) is 1. The molecule has 4 rings (SSSR count). The van der Waals surface area contributed by atoms with Crippen LogP contribution in [0.25, 0.3) is 0 Å². The number of fused-ring (bicyclic) bond motifs is 2. The van der Waals surface area contributed by atoms with Gasteiger partial charge in [0.15, 0.2) is 0 Å². The van der Waals surface area contributed by atoms with Gasteiger partial charge in [-0.15, -0.1) is 0 Å². The third kappa shape index (κ3) is 3.68. The number of carbonyl (C=O) groups excluding carboxylic acids is 3. The van der Waals surface area contributed by atoms with Crippen LogP contribution in [0, 0.1) is 0 Å². The Balaban J connectivity index is 1.21. The maximum atomic E-state index is 12.3. The molecule has 0 spiro atoms. The second kappa shape index (κ2) is 7.94. The third-order valence-corrected chi connectivity index (χ3v) is 5.23. The molecule has 6 nitrogen and oxygen atoms in total. The van der Waals surface area contributed by atoms with E-state index in [1.54, 1.807) is 24.3 Å². The van der Waals surface area contributed by atoms with Gasteiger partial charge in [-0.2, -0.15) is 0 Å². The van der Waals surface area contributed by atoms with Gasteiger partial charge >= 0.3 is 0 Å². The smallest absolute Gasteiger partial charge is 0.261 e. The van der Waals surface area contributed by atoms with Crippen LogP contribution in [0.1, 0.15) is 44.7 Å². The fraction of sp³-hybridized carbons (Fsp3) is 0.318. The van der Waals surface area contributed by atoms with Gasteiger partial charge in [0.2, 0.25) is 5.91 Å². The molecule has 2 heterocycles. The van der Waals surface area contributed by atoms with Crippen LogP contribution >= 0.6 is 0 Å². The van der Waals surface area contributed by atoms with Crippen molar-refractivity contribution >= 4 is 17.7 Å². The molecule has 0 aromatic heterocycles. The monoisotopic (exact) mass is 378 g/mol. The van der Waals surface area contributed by atoms with Crippen LogP contribution in [0.3, 0.4) is 0 Å². The lowest BCUT2D eigenvalue weighted by Gasteiger charge is -2.25. The van der Waals surface area contributed by atoms with Crippen molar-refractivity contribution in [2.24, 2.45) is 0 Å². The van der Waals surface area contributed by atoms with E-state index in [0.29, 0.717) is 30.7 Å². The molecule has 0 radical (unpaired) electrons. The molecule has 0 bridgehead atoms. The number of nitrogens with one attached hydrogen (secondary N) is 1. The molecular formula is C22H22N2O4. The zero-order valence-electron chi connectivity index (χ0n) is 15.5. The standard InChI is InChI=1S/C22H22N2O4/c25-20(23-13-17-12-15-6-1-2-7-16(15)14-28-17)10-5-11-24-21(26)18-8-3-4-9-19(18)22(24)27/h1-4,6-9,17H,5,10-14H2,(H,23,25). The van der Waals surface area contributed by atoms with Crippen molar-refractivity contribution in [2.45, 2.75) is 32.0 Å². The molecule has 3 amide bonds. The maximum Gasteiger partial charge on any atom is 0.261 e. The summed E-state index contributed by atoms with van der Waals surface area (Å²) in [7, 11) is 0. The number of ether oxygens (including phenoxy) is 1. The predicted molar refractivity (Wildman–Crippen MR) is 103 cm³/mol. The van der Waals surface area contributed by atoms with Gasteiger partial charge in [-0.05, 0) is 29.7 Å². The largest absolute Gasteiger partial charge is 0.371 e. The first-order chi connectivity index (χ1) is 13.6. The van der Waals surface area contributed by atoms with Gasteiger partial charge in [0.1, 0.15) is 0 Å². The number of benzene rings is 2. The van der Waals surface area contributed by atoms with E-state index < -0.39 is 0 Å². The van der Waals surface area contributed by atoms with E-state index in [-0.39, 0.29) is 36.8 Å². The molecule has 2 aromatic rings. The Kier molecular flexibility index (Phi) is 5.21. The molecule has 2 aromatic carbocycles. The molecule has 0 fully saturated rings. The topological polar surface area (TPSA) is 75.7 Å². The van der Waals surface area contributed by atoms with Crippen molar-refractivity contribution < 1.29 is 19.1 Å². The van der Waals surface area contributed by atoms with E-state index in [0.717, 1.165) is 6.42 Å². The zero-order chi connectivity index (χ0) is 19.5. The Morgan fingerprint density at radius 2 is 1.64 bits per heavy atom. The second-order valence-corrected chi connectivity index (χ2v) is 7.12. The Morgan fingerprint density at radius 1 is 1.00 bits per heavy atom. The molecule has 0 aliphatic carbocycles. The van der Waals surface area contributed by atoms with E-state index in [9.17, 15) is 14.4 Å². The van der Waals surface area contributed by atoms with Gasteiger partial charge in [0, 0.05) is 25.9 Å². The first-order valence-corrected chi connectivity index (χ1v) is 9.54. The quantitative estimate of drug-likeness (QED) is 0.783. The summed E-state index contributed by atoms with van der Waals surface area (Å²) in [5, 5.41) is 2.90. The second-order valence-electron chi connectivity index (χ2n) is 7.12. The summed E-state index contributed by atoms with van der Waals surface area (Å²) in [5.41, 5.74) is 3.34. The van der Waals surface area contributed by atoms with Crippen LogP contribution in [0.4, 0.5) is 0 Å². The summed E-state index contributed by atoms with van der Waals surface area (Å²) >= 11 is 0. The summed E-state index contributed by atoms with van der Waals surface area (Å²) in [6, 6.07) is 15.0. The van der Waals surface area contributed by atoms with E-state index in [1.165, 1.54) is 16.0 Å². The molecule has 2 aliphatic rings. The Bertz CT molecular complexity index is 889. The minimum Gasteiger partial charge on any atom is -0.371 e. The van der Waals surface area contributed by atoms with Crippen molar-refractivity contribution in [3.05, 3.63) is 70.8 Å². The van der Waals surface area contributed by atoms with E-state index in [2.05, 4.69) is 17.4 Å². The van der Waals surface area contributed by atoms with Crippen LogP contribution in [-0.4, -0.2) is 41.8 Å². The normalized spacial score (nSPS) is 18.0. The van der Waals surface area contributed by atoms with E-state index >= 15 is 0 Å². The van der Waals surface area contributed by atoms with Crippen molar-refractivity contribution in [1.29, 1.82) is 0 Å². The average Bonchev–Trinajstić information content (AvgIpc) is 2.97. The summed E-state index contributed by atoms with van der Waals surface area (Å²) < 4.78 is 5.79. The van der Waals surface area contributed by atoms with E-state index in [4.69, 9.17) is 4.74 Å². The molecule has 1 atom stereocenters. The number of hydrogen-bond acceptors (Lipinski definition) is 4. The number of imide groups is 1. The van der Waals surface area contributed by atoms with Crippen LogP contribution in [-0.2, 0) is 22.6 Å². The summed E-state index contributed by atoms with van der Waals surface area (Å²) in [4.78, 5) is 38.0. The molecule has 0 saturated carbocycles. The van der Waals surface area contributed by atoms with Crippen molar-refractivity contribution in [3.8, 4) is 0 Å².